The fraction of sp³-hybridized carbons (Fsp3) is 0.190. The molecule has 0 aliphatic carbocycles. The number of rotatable bonds is 7. The molecule has 0 bridgehead atoms. The Labute approximate surface area is 171 Å². The highest BCUT2D eigenvalue weighted by Gasteiger charge is 2.11. The van der Waals surface area contributed by atoms with Gasteiger partial charge >= 0.3 is 0 Å². The summed E-state index contributed by atoms with van der Waals surface area (Å²) in [6.07, 6.45) is 4.14. The van der Waals surface area contributed by atoms with Gasteiger partial charge in [-0.1, -0.05) is 17.7 Å². The lowest BCUT2D eigenvalue weighted by atomic mass is 10.1. The maximum atomic E-state index is 12.1. The lowest BCUT2D eigenvalue weighted by Gasteiger charge is -2.01. The average molecular weight is 405 g/mol. The molecule has 0 spiro atoms. The minimum atomic E-state index is -0.0826. The van der Waals surface area contributed by atoms with Gasteiger partial charge in [0.05, 0.1) is 12.2 Å². The van der Waals surface area contributed by atoms with Crippen LogP contribution in [-0.2, 0) is 17.8 Å². The molecule has 4 rings (SSSR count). The number of thiazole rings is 1. The molecule has 1 amide bonds. The van der Waals surface area contributed by atoms with Crippen LogP contribution < -0.4 is 5.32 Å². The van der Waals surface area contributed by atoms with E-state index in [1.807, 2.05) is 48.7 Å². The lowest BCUT2D eigenvalue weighted by molar-refractivity contribution is -0.121. The highest BCUT2D eigenvalue weighted by molar-refractivity contribution is 7.09. The fourth-order valence-electron chi connectivity index (χ4n) is 2.70. The summed E-state index contributed by atoms with van der Waals surface area (Å²) >= 11 is 1.52. The minimum absolute atomic E-state index is 0.0826. The summed E-state index contributed by atoms with van der Waals surface area (Å²) in [5.41, 5.74) is 3.93. The number of carbonyl (C=O) groups excluding carboxylic acids is 1. The van der Waals surface area contributed by atoms with Crippen LogP contribution in [0.5, 0.6) is 0 Å². The predicted molar refractivity (Wildman–Crippen MR) is 110 cm³/mol. The first-order valence-electron chi connectivity index (χ1n) is 9.18. The van der Waals surface area contributed by atoms with E-state index >= 15 is 0 Å². The molecule has 0 saturated carbocycles. The Bertz CT molecular complexity index is 1090. The molecule has 3 heterocycles. The van der Waals surface area contributed by atoms with Gasteiger partial charge in [0.15, 0.2) is 0 Å². The zero-order valence-electron chi connectivity index (χ0n) is 15.8. The molecular weight excluding hydrogens is 386 g/mol. The molecule has 1 aromatic carbocycles. The number of nitrogens with zero attached hydrogens (tertiary/aromatic N) is 4. The molecule has 3 aromatic heterocycles. The Balaban J connectivity index is 1.27. The quantitative estimate of drug-likeness (QED) is 0.502. The second-order valence-corrected chi connectivity index (χ2v) is 7.45. The molecule has 29 heavy (non-hydrogen) atoms. The summed E-state index contributed by atoms with van der Waals surface area (Å²) in [7, 11) is 0. The molecule has 1 N–H and O–H groups in total. The van der Waals surface area contributed by atoms with E-state index in [0.29, 0.717) is 24.7 Å². The molecule has 0 radical (unpaired) electrons. The van der Waals surface area contributed by atoms with Gasteiger partial charge in [-0.25, -0.2) is 4.98 Å². The Morgan fingerprint density at radius 2 is 1.86 bits per heavy atom. The third-order valence-electron chi connectivity index (χ3n) is 4.30. The lowest BCUT2D eigenvalue weighted by Crippen LogP contribution is -2.22. The zero-order chi connectivity index (χ0) is 20.1. The number of benzene rings is 1. The summed E-state index contributed by atoms with van der Waals surface area (Å²) in [6, 6.07) is 11.7. The first-order valence-corrected chi connectivity index (χ1v) is 10.1. The highest BCUT2D eigenvalue weighted by Crippen LogP contribution is 2.21. The monoisotopic (exact) mass is 405 g/mol. The number of aromatic nitrogens is 4. The van der Waals surface area contributed by atoms with Crippen molar-refractivity contribution in [2.24, 2.45) is 0 Å². The van der Waals surface area contributed by atoms with Gasteiger partial charge in [0.25, 0.3) is 0 Å². The van der Waals surface area contributed by atoms with Crippen molar-refractivity contribution in [3.8, 4) is 22.7 Å². The smallest absolute Gasteiger partial charge is 0.247 e. The van der Waals surface area contributed by atoms with Crippen LogP contribution in [0.4, 0.5) is 0 Å². The van der Waals surface area contributed by atoms with Gasteiger partial charge in [-0.15, -0.1) is 21.5 Å². The van der Waals surface area contributed by atoms with E-state index in [0.717, 1.165) is 21.8 Å². The number of aryl methyl sites for hydroxylation is 2. The molecule has 7 nitrogen and oxygen atoms in total. The summed E-state index contributed by atoms with van der Waals surface area (Å²) in [5, 5.41) is 13.8. The molecule has 4 aromatic rings. The van der Waals surface area contributed by atoms with Crippen LogP contribution in [0, 0.1) is 6.92 Å². The third-order valence-corrected chi connectivity index (χ3v) is 5.14. The molecule has 0 aliphatic rings. The zero-order valence-corrected chi connectivity index (χ0v) is 16.6. The maximum Gasteiger partial charge on any atom is 0.247 e. The van der Waals surface area contributed by atoms with Gasteiger partial charge in [-0.2, -0.15) is 0 Å². The Hall–Kier alpha value is -3.39. The molecular formula is C21H19N5O2S. The topological polar surface area (TPSA) is 93.8 Å². The first kappa shape index (κ1) is 18.9. The summed E-state index contributed by atoms with van der Waals surface area (Å²) < 4.78 is 5.66. The number of pyridine rings is 1. The second kappa shape index (κ2) is 8.74. The van der Waals surface area contributed by atoms with Crippen molar-refractivity contribution in [1.29, 1.82) is 0 Å². The van der Waals surface area contributed by atoms with Crippen LogP contribution in [-0.4, -0.2) is 26.1 Å². The van der Waals surface area contributed by atoms with Gasteiger partial charge in [-0.05, 0) is 31.2 Å². The molecule has 146 valence electrons. The second-order valence-electron chi connectivity index (χ2n) is 6.51. The van der Waals surface area contributed by atoms with Crippen LogP contribution in [0.3, 0.4) is 0 Å². The number of hydrogen-bond donors (Lipinski definition) is 1. The van der Waals surface area contributed by atoms with Gasteiger partial charge < -0.3 is 9.73 Å². The molecule has 8 heteroatoms. The van der Waals surface area contributed by atoms with Crippen molar-refractivity contribution in [2.45, 2.75) is 26.3 Å². The summed E-state index contributed by atoms with van der Waals surface area (Å²) in [6.45, 7) is 2.42. The third kappa shape index (κ3) is 4.91. The van der Waals surface area contributed by atoms with Gasteiger partial charge in [0, 0.05) is 41.7 Å². The molecule has 0 atom stereocenters. The van der Waals surface area contributed by atoms with E-state index in [4.69, 9.17) is 4.42 Å². The van der Waals surface area contributed by atoms with Crippen LogP contribution in [0.25, 0.3) is 22.7 Å². The van der Waals surface area contributed by atoms with Crippen LogP contribution in [0.15, 0.2) is 58.6 Å². The van der Waals surface area contributed by atoms with Gasteiger partial charge in [-0.3, -0.25) is 9.78 Å². The molecule has 0 saturated heterocycles. The van der Waals surface area contributed by atoms with Crippen LogP contribution in [0.2, 0.25) is 0 Å². The van der Waals surface area contributed by atoms with Crippen molar-refractivity contribution in [1.82, 2.24) is 25.5 Å². The van der Waals surface area contributed by atoms with Crippen molar-refractivity contribution in [3.05, 3.63) is 70.6 Å². The van der Waals surface area contributed by atoms with Crippen molar-refractivity contribution < 1.29 is 9.21 Å². The Morgan fingerprint density at radius 1 is 1.07 bits per heavy atom. The fourth-order valence-corrected chi connectivity index (χ4v) is 3.44. The largest absolute Gasteiger partial charge is 0.421 e. The maximum absolute atomic E-state index is 12.1. The van der Waals surface area contributed by atoms with Crippen molar-refractivity contribution in [3.63, 3.8) is 0 Å². The van der Waals surface area contributed by atoms with Gasteiger partial charge in [0.2, 0.25) is 17.7 Å². The number of nitrogens with one attached hydrogen (secondary N) is 1. The number of amides is 1. The van der Waals surface area contributed by atoms with E-state index in [2.05, 4.69) is 25.5 Å². The van der Waals surface area contributed by atoms with E-state index in [1.165, 1.54) is 16.9 Å². The predicted octanol–water partition coefficient (Wildman–Crippen LogP) is 3.81. The van der Waals surface area contributed by atoms with E-state index in [-0.39, 0.29) is 12.3 Å². The van der Waals surface area contributed by atoms with Crippen LogP contribution in [0.1, 0.15) is 22.9 Å². The average Bonchev–Trinajstić information content (AvgIpc) is 3.42. The van der Waals surface area contributed by atoms with Crippen LogP contribution >= 0.6 is 11.3 Å². The molecule has 0 aliphatic heterocycles. The Morgan fingerprint density at radius 3 is 2.66 bits per heavy atom. The SMILES string of the molecule is Cc1ccc(-c2nnc(CCC(=O)NCc3nc(-c4ccncc4)cs3)o2)cc1. The van der Waals surface area contributed by atoms with Crippen molar-refractivity contribution >= 4 is 17.2 Å². The normalized spacial score (nSPS) is 10.8. The summed E-state index contributed by atoms with van der Waals surface area (Å²) in [5.74, 6) is 0.831. The molecule has 0 unspecified atom stereocenters. The van der Waals surface area contributed by atoms with E-state index in [9.17, 15) is 4.79 Å². The van der Waals surface area contributed by atoms with Crippen molar-refractivity contribution in [2.75, 3.05) is 0 Å². The van der Waals surface area contributed by atoms with E-state index in [1.54, 1.807) is 12.4 Å². The van der Waals surface area contributed by atoms with Gasteiger partial charge in [0.1, 0.15) is 5.01 Å². The number of hydrogen-bond acceptors (Lipinski definition) is 7. The first-order chi connectivity index (χ1) is 14.2. The number of carbonyl (C=O) groups is 1. The minimum Gasteiger partial charge on any atom is -0.421 e. The molecule has 0 fully saturated rings. The summed E-state index contributed by atoms with van der Waals surface area (Å²) in [4.78, 5) is 20.7. The standard InChI is InChI=1S/C21H19N5O2S/c1-14-2-4-16(5-3-14)21-26-25-19(28-21)7-6-18(27)23-12-20-24-17(13-29-20)15-8-10-22-11-9-15/h2-5,8-11,13H,6-7,12H2,1H3,(H,23,27). The highest BCUT2D eigenvalue weighted by atomic mass is 32.1. The van der Waals surface area contributed by atoms with E-state index < -0.39 is 0 Å². The Kier molecular flexibility index (Phi) is 5.71.